The van der Waals surface area contributed by atoms with E-state index in [4.69, 9.17) is 14.2 Å². The highest BCUT2D eigenvalue weighted by Crippen LogP contribution is 2.15. The summed E-state index contributed by atoms with van der Waals surface area (Å²) in [7, 11) is 0. The first-order chi connectivity index (χ1) is 12.8. The Bertz CT molecular complexity index is 623. The fourth-order valence-corrected chi connectivity index (χ4v) is 2.15. The molecule has 5 heteroatoms. The number of esters is 2. The molecule has 148 valence electrons. The van der Waals surface area contributed by atoms with E-state index in [2.05, 4.69) is 6.58 Å². The molecular weight excluding hydrogens is 344 g/mol. The van der Waals surface area contributed by atoms with E-state index in [0.29, 0.717) is 13.2 Å². The zero-order chi connectivity index (χ0) is 20.1. The molecule has 0 heterocycles. The van der Waals surface area contributed by atoms with Crippen molar-refractivity contribution < 1.29 is 23.8 Å². The Hall–Kier alpha value is -2.56. The van der Waals surface area contributed by atoms with Gasteiger partial charge < -0.3 is 14.2 Å². The first-order valence-electron chi connectivity index (χ1n) is 9.23. The van der Waals surface area contributed by atoms with Crippen LogP contribution in [0.1, 0.15) is 52.0 Å². The minimum absolute atomic E-state index is 0.359. The minimum Gasteiger partial charge on any atom is -0.494 e. The average molecular weight is 374 g/mol. The normalized spacial score (nSPS) is 11.2. The predicted molar refractivity (Wildman–Crippen MR) is 106 cm³/mol. The summed E-state index contributed by atoms with van der Waals surface area (Å²) in [5.74, 6) is 0.0640. The molecule has 0 saturated carbocycles. The second-order valence-electron chi connectivity index (χ2n) is 7.07. The Labute approximate surface area is 162 Å². The molecule has 0 unspecified atom stereocenters. The van der Waals surface area contributed by atoms with Crippen molar-refractivity contribution >= 4 is 18.0 Å². The van der Waals surface area contributed by atoms with Gasteiger partial charge in [0, 0.05) is 12.2 Å². The summed E-state index contributed by atoms with van der Waals surface area (Å²) in [5.41, 5.74) is 0.414. The van der Waals surface area contributed by atoms with Crippen molar-refractivity contribution in [1.29, 1.82) is 0 Å². The molecule has 0 spiro atoms. The lowest BCUT2D eigenvalue weighted by Crippen LogP contribution is -2.22. The van der Waals surface area contributed by atoms with Gasteiger partial charge in [0.15, 0.2) is 0 Å². The lowest BCUT2D eigenvalue weighted by atomic mass is 10.2. The van der Waals surface area contributed by atoms with E-state index in [9.17, 15) is 9.59 Å². The smallest absolute Gasteiger partial charge is 0.331 e. The molecule has 0 atom stereocenters. The van der Waals surface area contributed by atoms with Gasteiger partial charge in [-0.2, -0.15) is 0 Å². The summed E-state index contributed by atoms with van der Waals surface area (Å²) < 4.78 is 15.8. The van der Waals surface area contributed by atoms with Gasteiger partial charge in [-0.3, -0.25) is 0 Å². The van der Waals surface area contributed by atoms with E-state index >= 15 is 0 Å². The van der Waals surface area contributed by atoms with Gasteiger partial charge in [0.1, 0.15) is 11.4 Å². The quantitative estimate of drug-likeness (QED) is 0.319. The van der Waals surface area contributed by atoms with Crippen LogP contribution in [0.4, 0.5) is 0 Å². The van der Waals surface area contributed by atoms with Crippen molar-refractivity contribution in [2.24, 2.45) is 0 Å². The van der Waals surface area contributed by atoms with Crippen molar-refractivity contribution in [1.82, 2.24) is 0 Å². The summed E-state index contributed by atoms with van der Waals surface area (Å²) in [6, 6.07) is 7.54. The van der Waals surface area contributed by atoms with Crippen LogP contribution >= 0.6 is 0 Å². The zero-order valence-electron chi connectivity index (χ0n) is 16.5. The van der Waals surface area contributed by atoms with Crippen LogP contribution in [-0.4, -0.2) is 30.8 Å². The molecule has 0 aliphatic rings. The predicted octanol–water partition coefficient (Wildman–Crippen LogP) is 4.71. The highest BCUT2D eigenvalue weighted by atomic mass is 16.6. The van der Waals surface area contributed by atoms with Crippen LogP contribution in [0.25, 0.3) is 6.08 Å². The molecule has 1 aromatic rings. The monoisotopic (exact) mass is 374 g/mol. The summed E-state index contributed by atoms with van der Waals surface area (Å²) >= 11 is 0. The Morgan fingerprint density at radius 2 is 1.59 bits per heavy atom. The molecule has 0 aromatic heterocycles. The van der Waals surface area contributed by atoms with Crippen molar-refractivity contribution in [2.75, 3.05) is 13.2 Å². The van der Waals surface area contributed by atoms with Crippen molar-refractivity contribution in [2.45, 2.75) is 52.1 Å². The summed E-state index contributed by atoms with van der Waals surface area (Å²) in [5, 5.41) is 0. The van der Waals surface area contributed by atoms with Gasteiger partial charge in [-0.05, 0) is 70.2 Å². The van der Waals surface area contributed by atoms with Gasteiger partial charge in [0.2, 0.25) is 0 Å². The SMILES string of the molecule is C=CC(=O)OCCCCCCOc1ccc(C=CC(=O)OC(C)(C)C)cc1. The van der Waals surface area contributed by atoms with Crippen molar-refractivity contribution in [3.63, 3.8) is 0 Å². The lowest BCUT2D eigenvalue weighted by Gasteiger charge is -2.17. The number of unbranched alkanes of at least 4 members (excludes halogenated alkanes) is 3. The maximum atomic E-state index is 11.7. The Morgan fingerprint density at radius 3 is 2.19 bits per heavy atom. The maximum absolute atomic E-state index is 11.7. The van der Waals surface area contributed by atoms with Crippen LogP contribution in [0, 0.1) is 0 Å². The number of hydrogen-bond acceptors (Lipinski definition) is 5. The van der Waals surface area contributed by atoms with Gasteiger partial charge in [0.05, 0.1) is 13.2 Å². The summed E-state index contributed by atoms with van der Waals surface area (Å²) in [6.07, 6.45) is 8.11. The van der Waals surface area contributed by atoms with E-state index in [1.807, 2.05) is 45.0 Å². The second kappa shape index (κ2) is 11.9. The molecule has 5 nitrogen and oxygen atoms in total. The van der Waals surface area contributed by atoms with Crippen LogP contribution in [0.5, 0.6) is 5.75 Å². The highest BCUT2D eigenvalue weighted by Gasteiger charge is 2.13. The Morgan fingerprint density at radius 1 is 0.963 bits per heavy atom. The van der Waals surface area contributed by atoms with E-state index in [1.165, 1.54) is 12.2 Å². The minimum atomic E-state index is -0.491. The van der Waals surface area contributed by atoms with Crippen LogP contribution in [0.2, 0.25) is 0 Å². The molecule has 0 amide bonds. The standard InChI is InChI=1S/C22H30O5/c1-5-20(23)26-17-9-7-6-8-16-25-19-13-10-18(11-14-19)12-15-21(24)27-22(2,3)4/h5,10-15H,1,6-9,16-17H2,2-4H3. The van der Waals surface area contributed by atoms with Gasteiger partial charge >= 0.3 is 11.9 Å². The number of benzene rings is 1. The molecule has 0 saturated heterocycles. The van der Waals surface area contributed by atoms with Crippen LogP contribution in [-0.2, 0) is 19.1 Å². The number of hydrogen-bond donors (Lipinski definition) is 0. The van der Waals surface area contributed by atoms with Crippen LogP contribution in [0.15, 0.2) is 43.0 Å². The molecule has 0 aliphatic heterocycles. The molecule has 1 rings (SSSR count). The Kier molecular flexibility index (Phi) is 9.94. The van der Waals surface area contributed by atoms with Gasteiger partial charge in [-0.15, -0.1) is 0 Å². The third-order valence-corrected chi connectivity index (χ3v) is 3.42. The van der Waals surface area contributed by atoms with Gasteiger partial charge in [-0.1, -0.05) is 18.7 Å². The second-order valence-corrected chi connectivity index (χ2v) is 7.07. The first kappa shape index (κ1) is 22.5. The number of ether oxygens (including phenoxy) is 3. The fourth-order valence-electron chi connectivity index (χ4n) is 2.15. The van der Waals surface area contributed by atoms with Gasteiger partial charge in [-0.25, -0.2) is 9.59 Å². The maximum Gasteiger partial charge on any atom is 0.331 e. The summed E-state index contributed by atoms with van der Waals surface area (Å²) in [6.45, 7) is 9.93. The molecule has 0 radical (unpaired) electrons. The molecule has 0 fully saturated rings. The molecule has 0 N–H and O–H groups in total. The first-order valence-corrected chi connectivity index (χ1v) is 9.23. The van der Waals surface area contributed by atoms with E-state index in [-0.39, 0.29) is 11.9 Å². The molecule has 0 aliphatic carbocycles. The summed E-state index contributed by atoms with van der Waals surface area (Å²) in [4.78, 5) is 22.5. The van der Waals surface area contributed by atoms with Crippen LogP contribution in [0.3, 0.4) is 0 Å². The zero-order valence-corrected chi connectivity index (χ0v) is 16.5. The average Bonchev–Trinajstić information content (AvgIpc) is 2.61. The Balaban J connectivity index is 2.20. The molecule has 27 heavy (non-hydrogen) atoms. The van der Waals surface area contributed by atoms with E-state index in [1.54, 1.807) is 6.08 Å². The van der Waals surface area contributed by atoms with E-state index in [0.717, 1.165) is 37.0 Å². The molecule has 0 bridgehead atoms. The van der Waals surface area contributed by atoms with Crippen LogP contribution < -0.4 is 4.74 Å². The number of carbonyl (C=O) groups excluding carboxylic acids is 2. The van der Waals surface area contributed by atoms with Crippen molar-refractivity contribution in [3.05, 3.63) is 48.6 Å². The largest absolute Gasteiger partial charge is 0.494 e. The molecular formula is C22H30O5. The lowest BCUT2D eigenvalue weighted by molar-refractivity contribution is -0.148. The fraction of sp³-hybridized carbons (Fsp3) is 0.455. The third kappa shape index (κ3) is 11.6. The van der Waals surface area contributed by atoms with Crippen molar-refractivity contribution in [3.8, 4) is 5.75 Å². The van der Waals surface area contributed by atoms with Gasteiger partial charge in [0.25, 0.3) is 0 Å². The molecule has 1 aromatic carbocycles. The van der Waals surface area contributed by atoms with E-state index < -0.39 is 5.60 Å². The highest BCUT2D eigenvalue weighted by molar-refractivity contribution is 5.87. The number of carbonyl (C=O) groups is 2. The topological polar surface area (TPSA) is 61.8 Å². The third-order valence-electron chi connectivity index (χ3n) is 3.42. The number of rotatable bonds is 11.